The normalized spacial score (nSPS) is 16.4. The number of amides is 2. The summed E-state index contributed by atoms with van der Waals surface area (Å²) in [4.78, 5) is 27.4. The van der Waals surface area contributed by atoms with Crippen molar-refractivity contribution in [1.29, 1.82) is 0 Å². The van der Waals surface area contributed by atoms with E-state index in [0.717, 1.165) is 11.3 Å². The van der Waals surface area contributed by atoms with Crippen LogP contribution in [0.3, 0.4) is 0 Å². The van der Waals surface area contributed by atoms with Gasteiger partial charge in [-0.25, -0.2) is 9.29 Å². The first-order chi connectivity index (χ1) is 15.5. The molecule has 1 fully saturated rings. The van der Waals surface area contributed by atoms with Crippen LogP contribution in [0.15, 0.2) is 78.9 Å². The van der Waals surface area contributed by atoms with Crippen LogP contribution in [0.1, 0.15) is 24.5 Å². The quantitative estimate of drug-likeness (QED) is 0.614. The van der Waals surface area contributed by atoms with E-state index in [1.807, 2.05) is 0 Å². The number of rotatable bonds is 6. The molecule has 0 saturated carbocycles. The standard InChI is InChI=1S/C25H23FN2O4/c26-18-8-12-20(13-9-18)32-21-14-10-19(11-15-21)28(24(30)22-7-4-16-27-22)25(31)23(29)17-5-2-1-3-6-17/h1-3,5-6,8-15,22-23,27,29H,4,7,16H2/t22?,23-/m1/s1. The lowest BCUT2D eigenvalue weighted by atomic mass is 10.1. The molecule has 7 heteroatoms. The van der Waals surface area contributed by atoms with Crippen LogP contribution in [0.2, 0.25) is 0 Å². The highest BCUT2D eigenvalue weighted by Crippen LogP contribution is 2.28. The van der Waals surface area contributed by atoms with Gasteiger partial charge in [0.2, 0.25) is 0 Å². The summed E-state index contributed by atoms with van der Waals surface area (Å²) in [7, 11) is 0. The predicted octanol–water partition coefficient (Wildman–Crippen LogP) is 3.96. The number of halogens is 1. The van der Waals surface area contributed by atoms with Gasteiger partial charge in [0.1, 0.15) is 17.3 Å². The van der Waals surface area contributed by atoms with Gasteiger partial charge in [0, 0.05) is 0 Å². The van der Waals surface area contributed by atoms with Crippen molar-refractivity contribution in [2.75, 3.05) is 11.4 Å². The van der Waals surface area contributed by atoms with Gasteiger partial charge < -0.3 is 15.2 Å². The molecule has 2 amide bonds. The first kappa shape index (κ1) is 21.7. The van der Waals surface area contributed by atoms with Crippen LogP contribution in [0, 0.1) is 5.82 Å². The van der Waals surface area contributed by atoms with Crippen molar-refractivity contribution in [2.24, 2.45) is 0 Å². The van der Waals surface area contributed by atoms with E-state index in [1.54, 1.807) is 54.6 Å². The second-order valence-corrected chi connectivity index (χ2v) is 7.52. The molecule has 0 aromatic heterocycles. The maximum atomic E-state index is 13.2. The van der Waals surface area contributed by atoms with Crippen molar-refractivity contribution in [1.82, 2.24) is 5.32 Å². The highest BCUT2D eigenvalue weighted by molar-refractivity contribution is 6.18. The fourth-order valence-electron chi connectivity index (χ4n) is 3.62. The van der Waals surface area contributed by atoms with E-state index < -0.39 is 24.0 Å². The molecule has 1 saturated heterocycles. The molecule has 3 aromatic rings. The third-order valence-corrected chi connectivity index (χ3v) is 5.29. The highest BCUT2D eigenvalue weighted by Gasteiger charge is 2.35. The van der Waals surface area contributed by atoms with Crippen LogP contribution < -0.4 is 15.0 Å². The summed E-state index contributed by atoms with van der Waals surface area (Å²) in [6, 6.07) is 20.0. The van der Waals surface area contributed by atoms with E-state index in [4.69, 9.17) is 4.74 Å². The number of aliphatic hydroxyl groups is 1. The van der Waals surface area contributed by atoms with Crippen molar-refractivity contribution in [3.05, 3.63) is 90.2 Å². The Labute approximate surface area is 185 Å². The number of benzene rings is 3. The molecule has 2 atom stereocenters. The average Bonchev–Trinajstić information content (AvgIpc) is 3.37. The van der Waals surface area contributed by atoms with E-state index in [1.165, 1.54) is 24.3 Å². The molecular formula is C25H23FN2O4. The fourth-order valence-corrected chi connectivity index (χ4v) is 3.62. The van der Waals surface area contributed by atoms with Gasteiger partial charge in [0.25, 0.3) is 11.8 Å². The molecule has 6 nitrogen and oxygen atoms in total. The number of aliphatic hydroxyl groups excluding tert-OH is 1. The molecule has 0 spiro atoms. The Morgan fingerprint density at radius 3 is 2.19 bits per heavy atom. The Kier molecular flexibility index (Phi) is 6.58. The third kappa shape index (κ3) is 4.85. The van der Waals surface area contributed by atoms with Gasteiger partial charge in [0.05, 0.1) is 11.7 Å². The number of nitrogens with one attached hydrogen (secondary N) is 1. The molecule has 164 valence electrons. The third-order valence-electron chi connectivity index (χ3n) is 5.29. The first-order valence-corrected chi connectivity index (χ1v) is 10.4. The number of carbonyl (C=O) groups excluding carboxylic acids is 2. The number of anilines is 1. The van der Waals surface area contributed by atoms with Crippen LogP contribution in [0.25, 0.3) is 0 Å². The monoisotopic (exact) mass is 434 g/mol. The smallest absolute Gasteiger partial charge is 0.267 e. The predicted molar refractivity (Wildman–Crippen MR) is 118 cm³/mol. The minimum Gasteiger partial charge on any atom is -0.457 e. The Bertz CT molecular complexity index is 1070. The van der Waals surface area contributed by atoms with Gasteiger partial charge in [-0.05, 0) is 73.5 Å². The highest BCUT2D eigenvalue weighted by atomic mass is 19.1. The summed E-state index contributed by atoms with van der Waals surface area (Å²) < 4.78 is 18.8. The summed E-state index contributed by atoms with van der Waals surface area (Å²) in [6.45, 7) is 0.699. The molecule has 3 aromatic carbocycles. The van der Waals surface area contributed by atoms with Crippen molar-refractivity contribution in [2.45, 2.75) is 25.0 Å². The Morgan fingerprint density at radius 2 is 1.59 bits per heavy atom. The average molecular weight is 434 g/mol. The molecule has 1 unspecified atom stereocenters. The summed E-state index contributed by atoms with van der Waals surface area (Å²) in [5.41, 5.74) is 0.737. The summed E-state index contributed by atoms with van der Waals surface area (Å²) in [6.07, 6.45) is -0.0170. The van der Waals surface area contributed by atoms with Gasteiger partial charge in [-0.1, -0.05) is 30.3 Å². The molecule has 1 aliphatic rings. The zero-order valence-corrected chi connectivity index (χ0v) is 17.3. The number of hydrogen-bond donors (Lipinski definition) is 2. The van der Waals surface area contributed by atoms with Crippen molar-refractivity contribution in [3.8, 4) is 11.5 Å². The number of imide groups is 1. The van der Waals surface area contributed by atoms with E-state index >= 15 is 0 Å². The topological polar surface area (TPSA) is 78.9 Å². The van der Waals surface area contributed by atoms with Crippen LogP contribution in [-0.4, -0.2) is 29.5 Å². The van der Waals surface area contributed by atoms with Gasteiger partial charge in [-0.2, -0.15) is 0 Å². The van der Waals surface area contributed by atoms with Crippen molar-refractivity contribution >= 4 is 17.5 Å². The molecule has 4 rings (SSSR count). The van der Waals surface area contributed by atoms with Gasteiger partial charge in [0.15, 0.2) is 6.10 Å². The number of ether oxygens (including phenoxy) is 1. The zero-order valence-electron chi connectivity index (χ0n) is 17.3. The molecule has 1 aliphatic heterocycles. The number of carbonyl (C=O) groups is 2. The van der Waals surface area contributed by atoms with Gasteiger partial charge in [-0.15, -0.1) is 0 Å². The second-order valence-electron chi connectivity index (χ2n) is 7.52. The van der Waals surface area contributed by atoms with Crippen molar-refractivity contribution < 1.29 is 23.8 Å². The van der Waals surface area contributed by atoms with E-state index in [0.29, 0.717) is 35.7 Å². The second kappa shape index (κ2) is 9.72. The van der Waals surface area contributed by atoms with Gasteiger partial charge in [-0.3, -0.25) is 9.59 Å². The molecule has 1 heterocycles. The minimum atomic E-state index is -1.48. The largest absolute Gasteiger partial charge is 0.457 e. The lowest BCUT2D eigenvalue weighted by Gasteiger charge is -2.26. The maximum absolute atomic E-state index is 13.2. The lowest BCUT2D eigenvalue weighted by molar-refractivity contribution is -0.132. The molecule has 2 N–H and O–H groups in total. The van der Waals surface area contributed by atoms with Crippen LogP contribution in [0.5, 0.6) is 11.5 Å². The summed E-state index contributed by atoms with van der Waals surface area (Å²) >= 11 is 0. The van der Waals surface area contributed by atoms with Crippen LogP contribution in [-0.2, 0) is 9.59 Å². The Morgan fingerprint density at radius 1 is 0.969 bits per heavy atom. The first-order valence-electron chi connectivity index (χ1n) is 10.4. The molecule has 0 aliphatic carbocycles. The molecule has 32 heavy (non-hydrogen) atoms. The molecule has 0 bridgehead atoms. The Balaban J connectivity index is 1.59. The Hall–Kier alpha value is -3.55. The van der Waals surface area contributed by atoms with Crippen molar-refractivity contribution in [3.63, 3.8) is 0 Å². The fraction of sp³-hybridized carbons (Fsp3) is 0.200. The van der Waals surface area contributed by atoms with Gasteiger partial charge >= 0.3 is 0 Å². The minimum absolute atomic E-state index is 0.329. The summed E-state index contributed by atoms with van der Waals surface area (Å²) in [5.74, 6) is -0.574. The maximum Gasteiger partial charge on any atom is 0.267 e. The van der Waals surface area contributed by atoms with Crippen LogP contribution in [0.4, 0.5) is 10.1 Å². The summed E-state index contributed by atoms with van der Waals surface area (Å²) in [5, 5.41) is 13.8. The zero-order chi connectivity index (χ0) is 22.5. The number of nitrogens with zero attached hydrogens (tertiary/aromatic N) is 1. The molecular weight excluding hydrogens is 411 g/mol. The van der Waals surface area contributed by atoms with Crippen LogP contribution >= 0.6 is 0 Å². The van der Waals surface area contributed by atoms with E-state index in [2.05, 4.69) is 5.32 Å². The molecule has 0 radical (unpaired) electrons. The SMILES string of the molecule is O=C(C1CCCN1)N(C(=O)[C@H](O)c1ccccc1)c1ccc(Oc2ccc(F)cc2)cc1. The lowest BCUT2D eigenvalue weighted by Crippen LogP contribution is -2.48. The number of hydrogen-bond acceptors (Lipinski definition) is 5. The van der Waals surface area contributed by atoms with E-state index in [-0.39, 0.29) is 5.82 Å². The van der Waals surface area contributed by atoms with E-state index in [9.17, 15) is 19.1 Å².